The van der Waals surface area contributed by atoms with Gasteiger partial charge in [-0.25, -0.2) is 0 Å². The van der Waals surface area contributed by atoms with Crippen molar-refractivity contribution in [1.29, 1.82) is 0 Å². The number of carboxylic acids is 1. The van der Waals surface area contributed by atoms with Crippen LogP contribution >= 0.6 is 0 Å². The minimum Gasteiger partial charge on any atom is -0.545 e. The predicted molar refractivity (Wildman–Crippen MR) is 416 cm³/mol. The van der Waals surface area contributed by atoms with E-state index in [0.717, 1.165) is 128 Å². The minimum atomic E-state index is -1.63. The van der Waals surface area contributed by atoms with Crippen LogP contribution in [0.2, 0.25) is 0 Å². The van der Waals surface area contributed by atoms with Gasteiger partial charge in [0.1, 0.15) is 13.2 Å². The van der Waals surface area contributed by atoms with Crippen molar-refractivity contribution in [2.24, 2.45) is 0 Å². The normalized spacial score (nSPS) is 13.6. The van der Waals surface area contributed by atoms with Gasteiger partial charge in [0, 0.05) is 12.8 Å². The van der Waals surface area contributed by atoms with E-state index in [1.165, 1.54) is 148 Å². The molecule has 0 aromatic heterocycles. The first kappa shape index (κ1) is 91.6. The number of carbonyl (C=O) groups excluding carboxylic acids is 3. The molecule has 0 heterocycles. The molecule has 2 atom stereocenters. The molecule has 9 heteroatoms. The molecule has 0 aliphatic carbocycles. The SMILES string of the molecule is CC/C=C\C/C=C\C/C=C\C/C=C\C/C=C\C/C=C\C/C=C\C/C=C\CCCCCCCCCCCCCCCCC(=O)OC(COC(=O)CCCCCCCCCCCCCCCC/C=C\C/C=C\C/C=C\C/C=C\C/C=C\C/C=C\CC)COC(OCC[N+](C)(C)C)C(=O)[O-]. The predicted octanol–water partition coefficient (Wildman–Crippen LogP) is 24.0. The fourth-order valence-electron chi connectivity index (χ4n) is 10.6. The molecule has 97 heavy (non-hydrogen) atoms. The van der Waals surface area contributed by atoms with Crippen LogP contribution in [0, 0.1) is 0 Å². The van der Waals surface area contributed by atoms with Crippen LogP contribution in [0.5, 0.6) is 0 Å². The number of rotatable bonds is 71. The molecule has 0 rings (SSSR count). The van der Waals surface area contributed by atoms with Crippen molar-refractivity contribution >= 4 is 17.9 Å². The van der Waals surface area contributed by atoms with E-state index in [-0.39, 0.29) is 38.6 Å². The van der Waals surface area contributed by atoms with Crippen LogP contribution in [0.1, 0.15) is 309 Å². The summed E-state index contributed by atoms with van der Waals surface area (Å²) < 4.78 is 22.9. The lowest BCUT2D eigenvalue weighted by Gasteiger charge is -2.26. The summed E-state index contributed by atoms with van der Waals surface area (Å²) in [5.41, 5.74) is 0. The summed E-state index contributed by atoms with van der Waals surface area (Å²) in [7, 11) is 5.93. The molecular weight excluding hydrogens is 1200 g/mol. The highest BCUT2D eigenvalue weighted by molar-refractivity contribution is 5.70. The summed E-state index contributed by atoms with van der Waals surface area (Å²) in [4.78, 5) is 37.6. The van der Waals surface area contributed by atoms with Gasteiger partial charge in [0.15, 0.2) is 12.4 Å². The van der Waals surface area contributed by atoms with E-state index in [9.17, 15) is 19.5 Å². The molecule has 0 N–H and O–H groups in total. The first-order valence-corrected chi connectivity index (χ1v) is 39.3. The monoisotopic (exact) mass is 1340 g/mol. The number of ether oxygens (including phenoxy) is 4. The van der Waals surface area contributed by atoms with E-state index in [2.05, 4.69) is 184 Å². The highest BCUT2D eigenvalue weighted by Gasteiger charge is 2.22. The average molecular weight is 1350 g/mol. The van der Waals surface area contributed by atoms with Crippen molar-refractivity contribution in [2.45, 2.75) is 322 Å². The smallest absolute Gasteiger partial charge is 0.306 e. The summed E-state index contributed by atoms with van der Waals surface area (Å²) in [6.07, 6.45) is 112. The molecule has 0 amide bonds. The van der Waals surface area contributed by atoms with E-state index in [0.29, 0.717) is 17.4 Å². The lowest BCUT2D eigenvalue weighted by atomic mass is 10.0. The van der Waals surface area contributed by atoms with E-state index < -0.39 is 24.3 Å². The molecule has 9 nitrogen and oxygen atoms in total. The van der Waals surface area contributed by atoms with Crippen molar-refractivity contribution in [3.8, 4) is 0 Å². The number of carbonyl (C=O) groups is 3. The van der Waals surface area contributed by atoms with Gasteiger partial charge in [0.25, 0.3) is 0 Å². The van der Waals surface area contributed by atoms with Crippen LogP contribution < -0.4 is 5.11 Å². The molecule has 2 unspecified atom stereocenters. The highest BCUT2D eigenvalue weighted by Crippen LogP contribution is 2.17. The number of allylic oxidation sites excluding steroid dienone is 28. The van der Waals surface area contributed by atoms with Gasteiger partial charge in [-0.05, 0) is 128 Å². The third-order valence-corrected chi connectivity index (χ3v) is 16.5. The molecule has 0 aliphatic rings. The Labute approximate surface area is 597 Å². The van der Waals surface area contributed by atoms with Crippen molar-refractivity contribution in [1.82, 2.24) is 0 Å². The van der Waals surface area contributed by atoms with Gasteiger partial charge >= 0.3 is 11.9 Å². The third-order valence-electron chi connectivity index (χ3n) is 16.5. The van der Waals surface area contributed by atoms with Crippen LogP contribution in [0.15, 0.2) is 170 Å². The summed E-state index contributed by atoms with van der Waals surface area (Å²) in [5.74, 6) is -2.29. The Kier molecular flexibility index (Phi) is 72.2. The standard InChI is InChI=1S/C88H145NO8/c1-6-8-10-12-14-16-18-20-22-24-26-28-30-32-34-36-38-40-41-42-43-44-45-47-49-51-53-55-57-59-61-63-65-67-69-71-73-75-77-79-86(91)97-84(83-96-88(87(92)93)94-81-80-89(3,4)5)82-95-85(90)78-76-74-72-70-68-66-64-62-60-58-56-54-52-50-48-46-39-37-35-33-31-29-27-25-23-21-19-17-15-13-11-9-7-2/h8-11,14-17,20-23,26-29,32-35,38-40,42-43,45-47,84,88H,6-7,12-13,18-19,24-25,30-31,36-37,41,44,48-83H2,1-5H3/b10-8-,11-9-,16-14-,17-15-,22-20-,23-21-,28-26-,29-27-,34-32-,35-33-,40-38-,43-42-,46-39-,47-45-. The molecule has 0 saturated carbocycles. The number of nitrogens with zero attached hydrogens (tertiary/aromatic N) is 1. The van der Waals surface area contributed by atoms with Gasteiger partial charge in [-0.2, -0.15) is 0 Å². The number of esters is 2. The fourth-order valence-corrected chi connectivity index (χ4v) is 10.6. The summed E-state index contributed by atoms with van der Waals surface area (Å²) in [6, 6.07) is 0. The number of hydrogen-bond donors (Lipinski definition) is 0. The largest absolute Gasteiger partial charge is 0.545 e. The van der Waals surface area contributed by atoms with E-state index in [1.54, 1.807) is 0 Å². The average Bonchev–Trinajstić information content (AvgIpc) is 2.39. The second-order valence-electron chi connectivity index (χ2n) is 26.9. The zero-order valence-corrected chi connectivity index (χ0v) is 62.9. The Hall–Kier alpha value is -5.35. The second kappa shape index (κ2) is 76.4. The highest BCUT2D eigenvalue weighted by atomic mass is 16.7. The van der Waals surface area contributed by atoms with Gasteiger partial charge < -0.3 is 33.3 Å². The number of carboxylic acid groups (broad SMARTS) is 1. The van der Waals surface area contributed by atoms with Gasteiger partial charge in [-0.3, -0.25) is 9.59 Å². The summed E-state index contributed by atoms with van der Waals surface area (Å²) in [5, 5.41) is 11.9. The zero-order valence-electron chi connectivity index (χ0n) is 62.9. The van der Waals surface area contributed by atoms with Crippen LogP contribution in [0.4, 0.5) is 0 Å². The molecule has 550 valence electrons. The van der Waals surface area contributed by atoms with Crippen LogP contribution in [-0.2, 0) is 33.3 Å². The lowest BCUT2D eigenvalue weighted by molar-refractivity contribution is -0.870. The molecule has 0 radical (unpaired) electrons. The van der Waals surface area contributed by atoms with Gasteiger partial charge in [-0.15, -0.1) is 0 Å². The zero-order chi connectivity index (χ0) is 70.4. The van der Waals surface area contributed by atoms with E-state index in [4.69, 9.17) is 18.9 Å². The first-order valence-electron chi connectivity index (χ1n) is 39.3. The number of hydrogen-bond acceptors (Lipinski definition) is 8. The van der Waals surface area contributed by atoms with Gasteiger partial charge in [-0.1, -0.05) is 338 Å². The lowest BCUT2D eigenvalue weighted by Crippen LogP contribution is -2.44. The molecule has 0 aromatic carbocycles. The number of quaternary nitrogens is 1. The molecule has 0 bridgehead atoms. The van der Waals surface area contributed by atoms with E-state index in [1.807, 2.05) is 21.1 Å². The maximum atomic E-state index is 13.0. The molecule has 0 fully saturated rings. The third kappa shape index (κ3) is 77.9. The fraction of sp³-hybridized carbons (Fsp3) is 0.648. The topological polar surface area (TPSA) is 111 Å². The van der Waals surface area contributed by atoms with Gasteiger partial charge in [0.05, 0.1) is 40.3 Å². The molecular formula is C88H145NO8. The molecule has 0 aliphatic heterocycles. The van der Waals surface area contributed by atoms with Crippen molar-refractivity contribution in [3.05, 3.63) is 170 Å². The van der Waals surface area contributed by atoms with Crippen LogP contribution in [-0.4, -0.2) is 82.3 Å². The minimum absolute atomic E-state index is 0.141. The Balaban J connectivity index is 4.09. The Morgan fingerprint density at radius 1 is 0.309 bits per heavy atom. The number of aliphatic carboxylic acids is 1. The van der Waals surface area contributed by atoms with E-state index >= 15 is 0 Å². The summed E-state index contributed by atoms with van der Waals surface area (Å²) in [6.45, 7) is 4.53. The van der Waals surface area contributed by atoms with Gasteiger partial charge in [0.2, 0.25) is 0 Å². The van der Waals surface area contributed by atoms with Crippen molar-refractivity contribution in [3.63, 3.8) is 0 Å². The quantitative estimate of drug-likeness (QED) is 0.0195. The first-order chi connectivity index (χ1) is 47.6. The summed E-state index contributed by atoms with van der Waals surface area (Å²) >= 11 is 0. The second-order valence-corrected chi connectivity index (χ2v) is 26.9. The Morgan fingerprint density at radius 2 is 0.557 bits per heavy atom. The maximum absolute atomic E-state index is 13.0. The molecule has 0 aromatic rings. The number of unbranched alkanes of at least 4 members (excludes halogenated alkanes) is 28. The number of likely N-dealkylation sites (N-methyl/N-ethyl adjacent to an activating group) is 1. The Bertz CT molecular complexity index is 2210. The van der Waals surface area contributed by atoms with Crippen molar-refractivity contribution in [2.75, 3.05) is 47.5 Å². The van der Waals surface area contributed by atoms with Crippen LogP contribution in [0.3, 0.4) is 0 Å². The van der Waals surface area contributed by atoms with Crippen LogP contribution in [0.25, 0.3) is 0 Å². The molecule has 0 spiro atoms. The maximum Gasteiger partial charge on any atom is 0.306 e. The molecule has 0 saturated heterocycles. The van der Waals surface area contributed by atoms with Crippen molar-refractivity contribution < 1.29 is 42.9 Å². The Morgan fingerprint density at radius 3 is 0.825 bits per heavy atom.